The van der Waals surface area contributed by atoms with Crippen molar-refractivity contribution in [2.75, 3.05) is 7.11 Å². The summed E-state index contributed by atoms with van der Waals surface area (Å²) in [6, 6.07) is 3.40. The van der Waals surface area contributed by atoms with Crippen LogP contribution in [0.4, 0.5) is 0 Å². The number of rotatable bonds is 6. The fourth-order valence-corrected chi connectivity index (χ4v) is 1.87. The minimum Gasteiger partial charge on any atom is -0.480 e. The lowest BCUT2D eigenvalue weighted by Crippen LogP contribution is -2.10. The van der Waals surface area contributed by atoms with Crippen LogP contribution >= 0.6 is 0 Å². The average Bonchev–Trinajstić information content (AvgIpc) is 2.86. The maximum absolute atomic E-state index is 10.2. The summed E-state index contributed by atoms with van der Waals surface area (Å²) in [6.45, 7) is 3.01. The highest BCUT2D eigenvalue weighted by Crippen LogP contribution is 2.16. The average molecular weight is 262 g/mol. The predicted octanol–water partition coefficient (Wildman–Crippen LogP) is 1.37. The van der Waals surface area contributed by atoms with Crippen LogP contribution in [0.25, 0.3) is 0 Å². The van der Waals surface area contributed by atoms with Crippen LogP contribution in [0.3, 0.4) is 0 Å². The lowest BCUT2D eigenvalue weighted by molar-refractivity contribution is 0.168. The van der Waals surface area contributed by atoms with E-state index in [0.717, 1.165) is 18.8 Å². The number of aryl methyl sites for hydroxylation is 1. The Labute approximate surface area is 112 Å². The van der Waals surface area contributed by atoms with Gasteiger partial charge in [0.05, 0.1) is 12.8 Å². The Balaban J connectivity index is 2.06. The zero-order valence-corrected chi connectivity index (χ0v) is 11.2. The van der Waals surface area contributed by atoms with E-state index in [4.69, 9.17) is 4.74 Å². The second kappa shape index (κ2) is 6.29. The van der Waals surface area contributed by atoms with E-state index in [1.165, 1.54) is 7.11 Å². The summed E-state index contributed by atoms with van der Waals surface area (Å²) in [5.74, 6) is 1.29. The molecule has 2 rings (SSSR count). The molecule has 0 saturated heterocycles. The van der Waals surface area contributed by atoms with Crippen molar-refractivity contribution in [1.29, 1.82) is 0 Å². The van der Waals surface area contributed by atoms with Gasteiger partial charge in [-0.05, 0) is 12.5 Å². The number of aliphatic hydroxyl groups is 1. The van der Waals surface area contributed by atoms with E-state index in [-0.39, 0.29) is 0 Å². The Bertz CT molecular complexity index is 510. The van der Waals surface area contributed by atoms with Gasteiger partial charge in [-0.1, -0.05) is 6.92 Å². The Morgan fingerprint density at radius 3 is 2.84 bits per heavy atom. The van der Waals surface area contributed by atoms with Crippen LogP contribution in [0.2, 0.25) is 0 Å². The van der Waals surface area contributed by atoms with Gasteiger partial charge in [-0.2, -0.15) is 0 Å². The summed E-state index contributed by atoms with van der Waals surface area (Å²) < 4.78 is 6.98. The van der Waals surface area contributed by atoms with E-state index in [1.807, 2.05) is 10.8 Å². The van der Waals surface area contributed by atoms with Gasteiger partial charge in [-0.15, -0.1) is 10.2 Å². The summed E-state index contributed by atoms with van der Waals surface area (Å²) in [5, 5.41) is 17.9. The van der Waals surface area contributed by atoms with E-state index < -0.39 is 6.10 Å². The van der Waals surface area contributed by atoms with Crippen LogP contribution in [-0.4, -0.2) is 32.0 Å². The molecule has 6 nitrogen and oxygen atoms in total. The van der Waals surface area contributed by atoms with Gasteiger partial charge in [0.1, 0.15) is 11.9 Å². The summed E-state index contributed by atoms with van der Waals surface area (Å²) in [5.41, 5.74) is 0.520. The molecule has 1 N–H and O–H groups in total. The molecule has 19 heavy (non-hydrogen) atoms. The Morgan fingerprint density at radius 2 is 2.21 bits per heavy atom. The van der Waals surface area contributed by atoms with E-state index in [2.05, 4.69) is 22.1 Å². The van der Waals surface area contributed by atoms with Gasteiger partial charge in [0, 0.05) is 31.4 Å². The molecule has 0 aliphatic heterocycles. The monoisotopic (exact) mass is 262 g/mol. The third kappa shape index (κ3) is 3.29. The molecule has 1 unspecified atom stereocenters. The molecule has 2 aromatic heterocycles. The highest BCUT2D eigenvalue weighted by molar-refractivity contribution is 5.14. The predicted molar refractivity (Wildman–Crippen MR) is 69.8 cm³/mol. The maximum Gasteiger partial charge on any atom is 0.233 e. The van der Waals surface area contributed by atoms with Gasteiger partial charge in [0.25, 0.3) is 0 Å². The number of aliphatic hydroxyl groups excluding tert-OH is 1. The zero-order valence-electron chi connectivity index (χ0n) is 11.2. The van der Waals surface area contributed by atoms with Crippen molar-refractivity contribution in [3.8, 4) is 5.88 Å². The van der Waals surface area contributed by atoms with Crippen LogP contribution < -0.4 is 4.74 Å². The number of aromatic nitrogens is 4. The highest BCUT2D eigenvalue weighted by Gasteiger charge is 2.14. The molecule has 0 amide bonds. The van der Waals surface area contributed by atoms with Crippen molar-refractivity contribution < 1.29 is 9.84 Å². The van der Waals surface area contributed by atoms with Crippen LogP contribution in [0.5, 0.6) is 5.88 Å². The van der Waals surface area contributed by atoms with Gasteiger partial charge in [0.2, 0.25) is 5.88 Å². The molecule has 0 bridgehead atoms. The molecule has 0 aliphatic carbocycles. The molecule has 0 aliphatic rings. The van der Waals surface area contributed by atoms with Crippen molar-refractivity contribution in [2.45, 2.75) is 32.4 Å². The third-order valence-corrected chi connectivity index (χ3v) is 2.85. The molecule has 0 radical (unpaired) electrons. The van der Waals surface area contributed by atoms with Crippen molar-refractivity contribution >= 4 is 0 Å². The van der Waals surface area contributed by atoms with Crippen molar-refractivity contribution in [2.24, 2.45) is 0 Å². The molecule has 0 fully saturated rings. The number of hydrogen-bond donors (Lipinski definition) is 1. The lowest BCUT2D eigenvalue weighted by atomic mass is 10.1. The first kappa shape index (κ1) is 13.5. The van der Waals surface area contributed by atoms with Gasteiger partial charge in [-0.25, -0.2) is 4.98 Å². The molecule has 1 atom stereocenters. The number of ether oxygens (including phenoxy) is 1. The summed E-state index contributed by atoms with van der Waals surface area (Å²) in [6.07, 6.45) is 4.41. The normalized spacial score (nSPS) is 12.4. The van der Waals surface area contributed by atoms with Gasteiger partial charge in [0.15, 0.2) is 0 Å². The summed E-state index contributed by atoms with van der Waals surface area (Å²) >= 11 is 0. The lowest BCUT2D eigenvalue weighted by Gasteiger charge is -2.11. The highest BCUT2D eigenvalue weighted by atomic mass is 16.5. The summed E-state index contributed by atoms with van der Waals surface area (Å²) in [7, 11) is 1.53. The number of nitrogens with zero attached hydrogens (tertiary/aromatic N) is 4. The molecule has 2 heterocycles. The number of methoxy groups -OCH3 is 1. The van der Waals surface area contributed by atoms with E-state index in [0.29, 0.717) is 18.0 Å². The first-order chi connectivity index (χ1) is 9.24. The smallest absolute Gasteiger partial charge is 0.233 e. The van der Waals surface area contributed by atoms with Crippen LogP contribution in [0, 0.1) is 0 Å². The molecular weight excluding hydrogens is 244 g/mol. The SMILES string of the molecule is CCCn1ccnc1CC(O)c1ccc(OC)nn1. The minimum atomic E-state index is -0.712. The molecule has 0 spiro atoms. The quantitative estimate of drug-likeness (QED) is 0.851. The van der Waals surface area contributed by atoms with Gasteiger partial charge >= 0.3 is 0 Å². The van der Waals surface area contributed by atoms with E-state index in [9.17, 15) is 5.11 Å². The molecule has 2 aromatic rings. The van der Waals surface area contributed by atoms with Crippen molar-refractivity contribution in [3.63, 3.8) is 0 Å². The van der Waals surface area contributed by atoms with E-state index in [1.54, 1.807) is 18.3 Å². The topological polar surface area (TPSA) is 73.1 Å². The molecule has 0 saturated carbocycles. The molecular formula is C13H18N4O2. The largest absolute Gasteiger partial charge is 0.480 e. The minimum absolute atomic E-state index is 0.425. The fourth-order valence-electron chi connectivity index (χ4n) is 1.87. The number of imidazole rings is 1. The first-order valence-electron chi connectivity index (χ1n) is 6.30. The second-order valence-electron chi connectivity index (χ2n) is 4.26. The molecule has 6 heteroatoms. The Morgan fingerprint density at radius 1 is 1.37 bits per heavy atom. The fraction of sp³-hybridized carbons (Fsp3) is 0.462. The molecule has 0 aromatic carbocycles. The van der Waals surface area contributed by atoms with Gasteiger partial charge < -0.3 is 14.4 Å². The second-order valence-corrected chi connectivity index (χ2v) is 4.26. The molecule has 102 valence electrons. The standard InChI is InChI=1S/C13H18N4O2/c1-3-7-17-8-6-14-12(17)9-11(18)10-4-5-13(19-2)16-15-10/h4-6,8,11,18H,3,7,9H2,1-2H3. The van der Waals surface area contributed by atoms with Crippen molar-refractivity contribution in [3.05, 3.63) is 36.0 Å². The first-order valence-corrected chi connectivity index (χ1v) is 6.30. The Hall–Kier alpha value is -1.95. The Kier molecular flexibility index (Phi) is 4.46. The van der Waals surface area contributed by atoms with Crippen molar-refractivity contribution in [1.82, 2.24) is 19.7 Å². The maximum atomic E-state index is 10.2. The van der Waals surface area contributed by atoms with Gasteiger partial charge in [-0.3, -0.25) is 0 Å². The van der Waals surface area contributed by atoms with Crippen LogP contribution in [0.1, 0.15) is 31.0 Å². The third-order valence-electron chi connectivity index (χ3n) is 2.85. The zero-order chi connectivity index (χ0) is 13.7. The number of hydrogen-bond acceptors (Lipinski definition) is 5. The van der Waals surface area contributed by atoms with Crippen LogP contribution in [-0.2, 0) is 13.0 Å². The van der Waals surface area contributed by atoms with E-state index >= 15 is 0 Å². The van der Waals surface area contributed by atoms with Crippen LogP contribution in [0.15, 0.2) is 24.5 Å². The summed E-state index contributed by atoms with van der Waals surface area (Å²) in [4.78, 5) is 4.26.